The van der Waals surface area contributed by atoms with E-state index < -0.39 is 29.3 Å². The van der Waals surface area contributed by atoms with Crippen LogP contribution < -0.4 is 15.7 Å². The van der Waals surface area contributed by atoms with Gasteiger partial charge < -0.3 is 19.2 Å². The number of carbonyl (C=O) groups is 2. The first-order valence-corrected chi connectivity index (χ1v) is 10.4. The van der Waals surface area contributed by atoms with Crippen molar-refractivity contribution in [2.24, 2.45) is 0 Å². The van der Waals surface area contributed by atoms with Crippen molar-refractivity contribution in [3.63, 3.8) is 0 Å². The fourth-order valence-electron chi connectivity index (χ4n) is 3.02. The van der Waals surface area contributed by atoms with Gasteiger partial charge in [0.1, 0.15) is 23.0 Å². The number of unbranched alkanes of at least 4 members (excludes halogenated alkanes) is 1. The van der Waals surface area contributed by atoms with E-state index >= 15 is 0 Å². The molecule has 0 saturated carbocycles. The van der Waals surface area contributed by atoms with Crippen LogP contribution in [-0.4, -0.2) is 23.7 Å². The number of ether oxygens (including phenoxy) is 2. The van der Waals surface area contributed by atoms with Crippen LogP contribution in [0, 0.1) is 0 Å². The predicted octanol–water partition coefficient (Wildman–Crippen LogP) is 4.73. The topological polar surface area (TPSA) is 94.8 Å². The highest BCUT2D eigenvalue weighted by molar-refractivity contribution is 5.85. The molecule has 1 heterocycles. The Bertz CT molecular complexity index is 941. The summed E-state index contributed by atoms with van der Waals surface area (Å²) in [6.45, 7) is 9.23. The Morgan fingerprint density at radius 2 is 1.87 bits per heavy atom. The smallest absolute Gasteiger partial charge is 0.408 e. The summed E-state index contributed by atoms with van der Waals surface area (Å²) in [5.41, 5.74) is 0.172. The number of hydrogen-bond donors (Lipinski definition) is 1. The molecule has 1 aromatic carbocycles. The number of alkyl carbamates (subject to hydrolysis) is 1. The van der Waals surface area contributed by atoms with E-state index in [1.54, 1.807) is 32.9 Å². The average Bonchev–Trinajstić information content (AvgIpc) is 2.63. The van der Waals surface area contributed by atoms with Crippen LogP contribution >= 0.6 is 0 Å². The Morgan fingerprint density at radius 3 is 2.50 bits per heavy atom. The van der Waals surface area contributed by atoms with Gasteiger partial charge in [-0.3, -0.25) is 0 Å². The van der Waals surface area contributed by atoms with Crippen molar-refractivity contribution in [1.29, 1.82) is 0 Å². The van der Waals surface area contributed by atoms with Crippen molar-refractivity contribution in [3.8, 4) is 5.75 Å². The number of fused-ring (bicyclic) bond motifs is 1. The van der Waals surface area contributed by atoms with Gasteiger partial charge in [0.05, 0.1) is 0 Å². The molecule has 1 atom stereocenters. The van der Waals surface area contributed by atoms with E-state index in [0.717, 1.165) is 30.2 Å². The van der Waals surface area contributed by atoms with Gasteiger partial charge in [0.25, 0.3) is 0 Å². The maximum absolute atomic E-state index is 12.6. The Morgan fingerprint density at radius 1 is 1.13 bits per heavy atom. The number of carbonyl (C=O) groups excluding carboxylic acids is 2. The fourth-order valence-corrected chi connectivity index (χ4v) is 3.02. The van der Waals surface area contributed by atoms with Gasteiger partial charge >= 0.3 is 17.7 Å². The molecule has 1 N–H and O–H groups in total. The van der Waals surface area contributed by atoms with Crippen LogP contribution in [-0.2, 0) is 16.0 Å². The SMILES string of the molecule is CCCCc1cc(=O)oc2cc(OC(=O)[C@H](CCC)NC(=O)OC(C)(C)C)ccc12. The summed E-state index contributed by atoms with van der Waals surface area (Å²) in [6.07, 6.45) is 3.15. The summed E-state index contributed by atoms with van der Waals surface area (Å²) >= 11 is 0. The number of benzene rings is 1. The van der Waals surface area contributed by atoms with Gasteiger partial charge in [0.2, 0.25) is 0 Å². The minimum atomic E-state index is -0.844. The Kier molecular flexibility index (Phi) is 8.03. The highest BCUT2D eigenvalue weighted by Crippen LogP contribution is 2.24. The third-order valence-corrected chi connectivity index (χ3v) is 4.37. The summed E-state index contributed by atoms with van der Waals surface area (Å²) in [5, 5.41) is 3.38. The van der Waals surface area contributed by atoms with Crippen LogP contribution in [0.3, 0.4) is 0 Å². The van der Waals surface area contributed by atoms with E-state index in [2.05, 4.69) is 12.2 Å². The fraction of sp³-hybridized carbons (Fsp3) is 0.522. The number of amides is 1. The van der Waals surface area contributed by atoms with E-state index in [9.17, 15) is 14.4 Å². The lowest BCUT2D eigenvalue weighted by atomic mass is 10.0. The van der Waals surface area contributed by atoms with E-state index in [-0.39, 0.29) is 5.75 Å². The molecule has 0 saturated heterocycles. The summed E-state index contributed by atoms with van der Waals surface area (Å²) in [4.78, 5) is 36.6. The molecule has 0 bridgehead atoms. The number of aryl methyl sites for hydroxylation is 1. The summed E-state index contributed by atoms with van der Waals surface area (Å²) in [5.74, 6) is -0.359. The second-order valence-corrected chi connectivity index (χ2v) is 8.26. The number of esters is 1. The Balaban J connectivity index is 2.19. The van der Waals surface area contributed by atoms with E-state index in [0.29, 0.717) is 18.4 Å². The molecule has 2 rings (SSSR count). The molecule has 1 aromatic heterocycles. The maximum Gasteiger partial charge on any atom is 0.408 e. The second-order valence-electron chi connectivity index (χ2n) is 8.26. The minimum absolute atomic E-state index is 0.246. The predicted molar refractivity (Wildman–Crippen MR) is 115 cm³/mol. The Labute approximate surface area is 176 Å². The molecule has 0 spiro atoms. The molecule has 0 fully saturated rings. The molecular weight excluding hydrogens is 386 g/mol. The quantitative estimate of drug-likeness (QED) is 0.379. The van der Waals surface area contributed by atoms with Crippen molar-refractivity contribution in [1.82, 2.24) is 5.32 Å². The highest BCUT2D eigenvalue weighted by Gasteiger charge is 2.25. The van der Waals surface area contributed by atoms with Gasteiger partial charge in [-0.2, -0.15) is 0 Å². The van der Waals surface area contributed by atoms with E-state index in [1.165, 1.54) is 12.1 Å². The molecule has 0 aliphatic heterocycles. The molecule has 0 unspecified atom stereocenters. The van der Waals surface area contributed by atoms with Crippen molar-refractivity contribution in [2.75, 3.05) is 0 Å². The molecule has 7 heteroatoms. The first kappa shape index (κ1) is 23.4. The minimum Gasteiger partial charge on any atom is -0.444 e. The highest BCUT2D eigenvalue weighted by atomic mass is 16.6. The van der Waals surface area contributed by atoms with Crippen LogP contribution in [0.4, 0.5) is 4.79 Å². The van der Waals surface area contributed by atoms with Crippen LogP contribution in [0.5, 0.6) is 5.75 Å². The van der Waals surface area contributed by atoms with Crippen LogP contribution in [0.1, 0.15) is 65.9 Å². The third-order valence-electron chi connectivity index (χ3n) is 4.37. The van der Waals surface area contributed by atoms with Crippen molar-refractivity contribution in [2.45, 2.75) is 78.4 Å². The molecule has 0 aliphatic rings. The van der Waals surface area contributed by atoms with Gasteiger partial charge in [0.15, 0.2) is 0 Å². The third kappa shape index (κ3) is 6.90. The van der Waals surface area contributed by atoms with Crippen LogP contribution in [0.25, 0.3) is 11.0 Å². The number of rotatable bonds is 8. The van der Waals surface area contributed by atoms with E-state index in [4.69, 9.17) is 13.9 Å². The van der Waals surface area contributed by atoms with Crippen molar-refractivity contribution < 1.29 is 23.5 Å². The standard InChI is InChI=1S/C23H31NO6/c1-6-8-10-15-13-20(25)29-19-14-16(11-12-17(15)19)28-21(26)18(9-7-2)24-22(27)30-23(3,4)5/h11-14,18H,6-10H2,1-5H3,(H,24,27)/t18-/m0/s1. The maximum atomic E-state index is 12.6. The Hall–Kier alpha value is -2.83. The van der Waals surface area contributed by atoms with Crippen molar-refractivity contribution in [3.05, 3.63) is 40.2 Å². The molecule has 164 valence electrons. The number of nitrogens with one attached hydrogen (secondary N) is 1. The van der Waals surface area contributed by atoms with Gasteiger partial charge in [-0.25, -0.2) is 14.4 Å². The molecule has 0 aliphatic carbocycles. The summed E-state index contributed by atoms with van der Waals surface area (Å²) in [6, 6.07) is 5.63. The average molecular weight is 418 g/mol. The normalized spacial score (nSPS) is 12.4. The number of hydrogen-bond acceptors (Lipinski definition) is 6. The zero-order valence-corrected chi connectivity index (χ0v) is 18.4. The largest absolute Gasteiger partial charge is 0.444 e. The first-order chi connectivity index (χ1) is 14.1. The van der Waals surface area contributed by atoms with Gasteiger partial charge in [-0.1, -0.05) is 26.7 Å². The lowest BCUT2D eigenvalue weighted by molar-refractivity contribution is -0.137. The zero-order valence-electron chi connectivity index (χ0n) is 18.4. The summed E-state index contributed by atoms with van der Waals surface area (Å²) < 4.78 is 16.0. The first-order valence-electron chi connectivity index (χ1n) is 10.4. The zero-order chi connectivity index (χ0) is 22.3. The lowest BCUT2D eigenvalue weighted by Crippen LogP contribution is -2.45. The van der Waals surface area contributed by atoms with Gasteiger partial charge in [-0.15, -0.1) is 0 Å². The molecule has 1 amide bonds. The molecule has 7 nitrogen and oxygen atoms in total. The lowest BCUT2D eigenvalue weighted by Gasteiger charge is -2.22. The molecule has 30 heavy (non-hydrogen) atoms. The monoisotopic (exact) mass is 417 g/mol. The molecule has 2 aromatic rings. The van der Waals surface area contributed by atoms with Gasteiger partial charge in [0, 0.05) is 17.5 Å². The molecular formula is C23H31NO6. The molecule has 0 radical (unpaired) electrons. The van der Waals surface area contributed by atoms with Crippen LogP contribution in [0.2, 0.25) is 0 Å². The van der Waals surface area contributed by atoms with E-state index in [1.807, 2.05) is 6.92 Å². The second kappa shape index (κ2) is 10.3. The van der Waals surface area contributed by atoms with Crippen LogP contribution in [0.15, 0.2) is 33.5 Å². The van der Waals surface area contributed by atoms with Gasteiger partial charge in [-0.05, 0) is 57.7 Å². The summed E-state index contributed by atoms with van der Waals surface area (Å²) in [7, 11) is 0. The van der Waals surface area contributed by atoms with Crippen molar-refractivity contribution >= 4 is 23.0 Å².